The van der Waals surface area contributed by atoms with Crippen molar-refractivity contribution in [2.45, 2.75) is 0 Å². The summed E-state index contributed by atoms with van der Waals surface area (Å²) < 4.78 is 16.3. The number of anilines is 1. The quantitative estimate of drug-likeness (QED) is 0.137. The molecule has 0 unspecified atom stereocenters. The maximum atomic E-state index is 11.1. The van der Waals surface area contributed by atoms with Gasteiger partial charge in [0.1, 0.15) is 35.2 Å². The van der Waals surface area contributed by atoms with E-state index in [1.165, 1.54) is 32.4 Å². The summed E-state index contributed by atoms with van der Waals surface area (Å²) in [5.41, 5.74) is 2.07. The summed E-state index contributed by atoms with van der Waals surface area (Å²) in [7, 11) is 2.91. The second-order valence-electron chi connectivity index (χ2n) is 8.03. The molecule has 3 rings (SSSR count). The summed E-state index contributed by atoms with van der Waals surface area (Å²) >= 11 is 0. The minimum Gasteiger partial charge on any atom is -0.494 e. The highest BCUT2D eigenvalue weighted by Gasteiger charge is 2.14. The van der Waals surface area contributed by atoms with Gasteiger partial charge in [-0.2, -0.15) is 5.11 Å². The van der Waals surface area contributed by atoms with Gasteiger partial charge in [-0.05, 0) is 30.3 Å². The predicted octanol–water partition coefficient (Wildman–Crippen LogP) is 4.60. The van der Waals surface area contributed by atoms with Gasteiger partial charge in [0.05, 0.1) is 50.7 Å². The Morgan fingerprint density at radius 2 is 1.32 bits per heavy atom. The van der Waals surface area contributed by atoms with E-state index in [9.17, 15) is 20.3 Å². The van der Waals surface area contributed by atoms with Crippen molar-refractivity contribution in [1.82, 2.24) is 0 Å². The van der Waals surface area contributed by atoms with Crippen molar-refractivity contribution >= 4 is 34.1 Å². The van der Waals surface area contributed by atoms with E-state index in [1.807, 2.05) is 17.0 Å². The van der Waals surface area contributed by atoms with Gasteiger partial charge >= 0.3 is 0 Å². The molecule has 0 amide bonds. The summed E-state index contributed by atoms with van der Waals surface area (Å²) in [6.07, 6.45) is 0. The minimum atomic E-state index is -0.564. The first-order valence-corrected chi connectivity index (χ1v) is 12.1. The highest BCUT2D eigenvalue weighted by atomic mass is 16.6. The lowest BCUT2D eigenvalue weighted by Crippen LogP contribution is -2.29. The van der Waals surface area contributed by atoms with E-state index in [0.29, 0.717) is 41.7 Å². The van der Waals surface area contributed by atoms with Gasteiger partial charge < -0.3 is 34.4 Å². The molecule has 0 aliphatic carbocycles. The average Bonchev–Trinajstić information content (AvgIpc) is 2.98. The second-order valence-corrected chi connectivity index (χ2v) is 8.03. The number of non-ortho nitro benzene ring substituents is 1. The van der Waals surface area contributed by atoms with Crippen molar-refractivity contribution in [1.29, 1.82) is 0 Å². The molecule has 3 aromatic rings. The molecule has 0 fully saturated rings. The third kappa shape index (κ3) is 7.92. The minimum absolute atomic E-state index is 0.0365. The molecular formula is C26H30N6O8. The van der Waals surface area contributed by atoms with Gasteiger partial charge in [0.2, 0.25) is 0 Å². The van der Waals surface area contributed by atoms with Gasteiger partial charge in [-0.3, -0.25) is 10.1 Å². The van der Waals surface area contributed by atoms with Crippen molar-refractivity contribution in [2.75, 3.05) is 58.6 Å². The van der Waals surface area contributed by atoms with Crippen molar-refractivity contribution in [3.05, 3.63) is 64.7 Å². The largest absolute Gasteiger partial charge is 0.494 e. The van der Waals surface area contributed by atoms with Gasteiger partial charge in [-0.15, -0.1) is 15.3 Å². The Morgan fingerprint density at radius 1 is 0.750 bits per heavy atom. The van der Waals surface area contributed by atoms with E-state index in [-0.39, 0.29) is 43.6 Å². The van der Waals surface area contributed by atoms with E-state index in [0.717, 1.165) is 5.69 Å². The number of hydrogen-bond donors (Lipinski definition) is 3. The standard InChI is InChI=1S/C26H30N6O8/c1-38-24-17-23(30-28-21-8-7-20(32(36)37)15-26(21)40-14-13-35)25(39-2)16-22(24)29-27-18-3-5-19(6-4-18)31(9-11-33)10-12-34/h3-8,15-17,33-35H,9-14H2,1-2H3. The Morgan fingerprint density at radius 3 is 1.85 bits per heavy atom. The first-order valence-electron chi connectivity index (χ1n) is 12.1. The lowest BCUT2D eigenvalue weighted by Gasteiger charge is -2.22. The molecule has 0 aromatic heterocycles. The fourth-order valence-corrected chi connectivity index (χ4v) is 3.55. The average molecular weight is 555 g/mol. The van der Waals surface area contributed by atoms with Crippen LogP contribution in [0.4, 0.5) is 34.1 Å². The van der Waals surface area contributed by atoms with Gasteiger partial charge in [-0.25, -0.2) is 0 Å². The summed E-state index contributed by atoms with van der Waals surface area (Å²) in [6.45, 7) is 0.353. The number of aliphatic hydroxyl groups is 3. The van der Waals surface area contributed by atoms with Crippen LogP contribution in [0.3, 0.4) is 0 Å². The third-order valence-corrected chi connectivity index (χ3v) is 5.48. The van der Waals surface area contributed by atoms with E-state index < -0.39 is 4.92 Å². The topological polar surface area (TPSA) is 184 Å². The second kappa shape index (κ2) is 15.1. The van der Waals surface area contributed by atoms with Gasteiger partial charge in [-0.1, -0.05) is 0 Å². The Hall–Kier alpha value is -4.66. The van der Waals surface area contributed by atoms with Crippen LogP contribution in [-0.2, 0) is 0 Å². The predicted molar refractivity (Wildman–Crippen MR) is 146 cm³/mol. The van der Waals surface area contributed by atoms with Crippen LogP contribution in [0.25, 0.3) is 0 Å². The lowest BCUT2D eigenvalue weighted by atomic mass is 10.2. The summed E-state index contributed by atoms with van der Waals surface area (Å²) in [4.78, 5) is 12.4. The van der Waals surface area contributed by atoms with Gasteiger partial charge in [0, 0.05) is 37.0 Å². The lowest BCUT2D eigenvalue weighted by molar-refractivity contribution is -0.384. The van der Waals surface area contributed by atoms with Crippen LogP contribution in [0.15, 0.2) is 75.1 Å². The summed E-state index contributed by atoms with van der Waals surface area (Å²) in [6, 6.07) is 14.1. The highest BCUT2D eigenvalue weighted by molar-refractivity contribution is 5.67. The van der Waals surface area contributed by atoms with Crippen LogP contribution in [0.2, 0.25) is 0 Å². The van der Waals surface area contributed by atoms with Gasteiger partial charge in [0.25, 0.3) is 5.69 Å². The number of nitro groups is 1. The number of methoxy groups -OCH3 is 2. The first-order chi connectivity index (χ1) is 19.4. The molecule has 0 radical (unpaired) electrons. The Labute approximate surface area is 229 Å². The summed E-state index contributed by atoms with van der Waals surface area (Å²) in [5, 5.41) is 55.6. The van der Waals surface area contributed by atoms with E-state index in [1.54, 1.807) is 24.3 Å². The van der Waals surface area contributed by atoms with Crippen molar-refractivity contribution in [3.8, 4) is 17.2 Å². The molecule has 0 spiro atoms. The van der Waals surface area contributed by atoms with Crippen LogP contribution in [0, 0.1) is 10.1 Å². The van der Waals surface area contributed by atoms with E-state index >= 15 is 0 Å². The molecule has 14 heteroatoms. The van der Waals surface area contributed by atoms with E-state index in [2.05, 4.69) is 20.5 Å². The van der Waals surface area contributed by atoms with Crippen LogP contribution < -0.4 is 19.1 Å². The number of nitro benzene ring substituents is 1. The Balaban J connectivity index is 1.87. The fraction of sp³-hybridized carbons (Fsp3) is 0.308. The summed E-state index contributed by atoms with van der Waals surface area (Å²) in [5.74, 6) is 0.745. The number of nitrogens with zero attached hydrogens (tertiary/aromatic N) is 6. The molecule has 40 heavy (non-hydrogen) atoms. The number of rotatable bonds is 15. The monoisotopic (exact) mass is 554 g/mol. The van der Waals surface area contributed by atoms with Crippen LogP contribution >= 0.6 is 0 Å². The number of hydrogen-bond acceptors (Lipinski definition) is 13. The zero-order valence-corrected chi connectivity index (χ0v) is 22.0. The maximum absolute atomic E-state index is 11.1. The molecule has 0 saturated carbocycles. The molecule has 0 aliphatic rings. The smallest absolute Gasteiger partial charge is 0.273 e. The maximum Gasteiger partial charge on any atom is 0.273 e. The van der Waals surface area contributed by atoms with E-state index in [4.69, 9.17) is 19.3 Å². The van der Waals surface area contributed by atoms with Crippen molar-refractivity contribution in [2.24, 2.45) is 20.5 Å². The SMILES string of the molecule is COc1cc(N=Nc2ccc([N+](=O)[O-])cc2OCCO)c(OC)cc1N=Nc1ccc(N(CCO)CCO)cc1. The fourth-order valence-electron chi connectivity index (χ4n) is 3.55. The number of aliphatic hydroxyl groups excluding tert-OH is 3. The Bertz CT molecular complexity index is 1330. The first kappa shape index (κ1) is 29.9. The zero-order valence-electron chi connectivity index (χ0n) is 22.0. The molecule has 212 valence electrons. The molecule has 0 bridgehead atoms. The zero-order chi connectivity index (χ0) is 28.9. The molecule has 3 aromatic carbocycles. The molecular weight excluding hydrogens is 524 g/mol. The van der Waals surface area contributed by atoms with Crippen molar-refractivity contribution in [3.63, 3.8) is 0 Å². The molecule has 0 atom stereocenters. The number of benzene rings is 3. The molecule has 0 aliphatic heterocycles. The molecule has 0 saturated heterocycles. The van der Waals surface area contributed by atoms with Gasteiger partial charge in [0.15, 0.2) is 5.75 Å². The highest BCUT2D eigenvalue weighted by Crippen LogP contribution is 2.42. The number of ether oxygens (including phenoxy) is 3. The van der Waals surface area contributed by atoms with Crippen molar-refractivity contribution < 1.29 is 34.5 Å². The Kier molecular flexibility index (Phi) is 11.3. The third-order valence-electron chi connectivity index (χ3n) is 5.48. The van der Waals surface area contributed by atoms with Crippen LogP contribution in [-0.4, -0.2) is 74.0 Å². The molecule has 0 heterocycles. The van der Waals surface area contributed by atoms with Crippen LogP contribution in [0.5, 0.6) is 17.2 Å². The molecule has 3 N–H and O–H groups in total. The van der Waals surface area contributed by atoms with Crippen LogP contribution in [0.1, 0.15) is 0 Å². The normalized spacial score (nSPS) is 11.2. The molecule has 14 nitrogen and oxygen atoms in total. The number of azo groups is 2.